The average Bonchev–Trinajstić information content (AvgIpc) is 2.07. The van der Waals surface area contributed by atoms with Gasteiger partial charge in [0.05, 0.1) is 0 Å². The van der Waals surface area contributed by atoms with Gasteiger partial charge in [-0.2, -0.15) is 0 Å². The van der Waals surface area contributed by atoms with Crippen molar-refractivity contribution in [3.8, 4) is 0 Å². The van der Waals surface area contributed by atoms with E-state index in [9.17, 15) is 4.79 Å². The molecule has 0 radical (unpaired) electrons. The van der Waals surface area contributed by atoms with E-state index in [1.807, 2.05) is 4.90 Å². The molecular weight excluding hydrogens is 140 g/mol. The van der Waals surface area contributed by atoms with Gasteiger partial charge < -0.3 is 10.6 Å². The highest BCUT2D eigenvalue weighted by Crippen LogP contribution is 2.09. The number of hydrogen-bond donors (Lipinski definition) is 1. The highest BCUT2D eigenvalue weighted by atomic mass is 16.2. The van der Waals surface area contributed by atoms with E-state index in [1.54, 1.807) is 0 Å². The summed E-state index contributed by atoms with van der Waals surface area (Å²) in [5.41, 5.74) is 5.29. The summed E-state index contributed by atoms with van der Waals surface area (Å²) in [5.74, 6) is 0.229. The van der Waals surface area contributed by atoms with Gasteiger partial charge in [-0.3, -0.25) is 4.79 Å². The molecule has 0 bridgehead atoms. The van der Waals surface area contributed by atoms with Crippen LogP contribution in [0.25, 0.3) is 0 Å². The average molecular weight is 156 g/mol. The lowest BCUT2D eigenvalue weighted by Crippen LogP contribution is -2.36. The number of likely N-dealkylation sites (tertiary alicyclic amines) is 1. The molecular formula is C8H16N2O. The van der Waals surface area contributed by atoms with Crippen LogP contribution in [-0.4, -0.2) is 30.4 Å². The normalized spacial score (nSPS) is 18.5. The Morgan fingerprint density at radius 1 is 1.27 bits per heavy atom. The van der Waals surface area contributed by atoms with Crippen molar-refractivity contribution in [2.75, 3.05) is 19.6 Å². The van der Waals surface area contributed by atoms with E-state index < -0.39 is 0 Å². The fourth-order valence-corrected chi connectivity index (χ4v) is 1.42. The first-order valence-electron chi connectivity index (χ1n) is 4.32. The maximum absolute atomic E-state index is 11.2. The summed E-state index contributed by atoms with van der Waals surface area (Å²) in [7, 11) is 0. The van der Waals surface area contributed by atoms with E-state index in [-0.39, 0.29) is 5.91 Å². The molecule has 1 heterocycles. The number of carbonyl (C=O) groups is 1. The van der Waals surface area contributed by atoms with Crippen LogP contribution in [0.4, 0.5) is 0 Å². The highest BCUT2D eigenvalue weighted by Gasteiger charge is 2.14. The van der Waals surface area contributed by atoms with Crippen LogP contribution in [0.1, 0.15) is 25.7 Å². The molecule has 1 aliphatic heterocycles. The predicted molar refractivity (Wildman–Crippen MR) is 44.1 cm³/mol. The Kier molecular flexibility index (Phi) is 3.36. The highest BCUT2D eigenvalue weighted by molar-refractivity contribution is 5.76. The minimum Gasteiger partial charge on any atom is -0.343 e. The van der Waals surface area contributed by atoms with Gasteiger partial charge in [0.1, 0.15) is 0 Å². The van der Waals surface area contributed by atoms with E-state index in [1.165, 1.54) is 6.42 Å². The third-order valence-electron chi connectivity index (χ3n) is 2.07. The second-order valence-corrected chi connectivity index (χ2v) is 2.98. The molecule has 64 valence electrons. The van der Waals surface area contributed by atoms with Crippen LogP contribution in [0.3, 0.4) is 0 Å². The number of nitrogens with zero attached hydrogens (tertiary/aromatic N) is 1. The van der Waals surface area contributed by atoms with Crippen LogP contribution in [0.15, 0.2) is 0 Å². The maximum atomic E-state index is 11.2. The number of piperidine rings is 1. The zero-order chi connectivity index (χ0) is 8.10. The summed E-state index contributed by atoms with van der Waals surface area (Å²) < 4.78 is 0. The van der Waals surface area contributed by atoms with E-state index in [2.05, 4.69) is 0 Å². The van der Waals surface area contributed by atoms with Gasteiger partial charge in [0.25, 0.3) is 0 Å². The summed E-state index contributed by atoms with van der Waals surface area (Å²) in [5, 5.41) is 0. The molecule has 0 aliphatic carbocycles. The topological polar surface area (TPSA) is 46.3 Å². The smallest absolute Gasteiger partial charge is 0.223 e. The van der Waals surface area contributed by atoms with Crippen molar-refractivity contribution in [1.82, 2.24) is 4.90 Å². The van der Waals surface area contributed by atoms with Gasteiger partial charge in [-0.05, 0) is 19.3 Å². The molecule has 0 atom stereocenters. The number of nitrogens with two attached hydrogens (primary N) is 1. The molecule has 11 heavy (non-hydrogen) atoms. The minimum absolute atomic E-state index is 0.229. The standard InChI is InChI=1S/C8H16N2O/c9-5-4-8(11)10-6-2-1-3-7-10/h1-7,9H2. The lowest BCUT2D eigenvalue weighted by atomic mass is 10.1. The number of amides is 1. The second-order valence-electron chi connectivity index (χ2n) is 2.98. The van der Waals surface area contributed by atoms with Crippen molar-refractivity contribution in [2.45, 2.75) is 25.7 Å². The summed E-state index contributed by atoms with van der Waals surface area (Å²) >= 11 is 0. The van der Waals surface area contributed by atoms with Crippen molar-refractivity contribution in [3.63, 3.8) is 0 Å². The zero-order valence-corrected chi connectivity index (χ0v) is 6.88. The monoisotopic (exact) mass is 156 g/mol. The van der Waals surface area contributed by atoms with E-state index >= 15 is 0 Å². The molecule has 1 rings (SSSR count). The fourth-order valence-electron chi connectivity index (χ4n) is 1.42. The summed E-state index contributed by atoms with van der Waals surface area (Å²) in [6, 6.07) is 0. The predicted octanol–water partition coefficient (Wildman–Crippen LogP) is 0.348. The third-order valence-corrected chi connectivity index (χ3v) is 2.07. The van der Waals surface area contributed by atoms with Crippen molar-refractivity contribution in [3.05, 3.63) is 0 Å². The molecule has 1 fully saturated rings. The lowest BCUT2D eigenvalue weighted by molar-refractivity contribution is -0.131. The molecule has 3 nitrogen and oxygen atoms in total. The van der Waals surface area contributed by atoms with E-state index in [0.29, 0.717) is 13.0 Å². The minimum atomic E-state index is 0.229. The summed E-state index contributed by atoms with van der Waals surface area (Å²) in [4.78, 5) is 13.2. The summed E-state index contributed by atoms with van der Waals surface area (Å²) in [6.07, 6.45) is 4.11. The quantitative estimate of drug-likeness (QED) is 0.627. The summed E-state index contributed by atoms with van der Waals surface area (Å²) in [6.45, 7) is 2.37. The SMILES string of the molecule is NCCC(=O)N1CCCCC1. The molecule has 0 aromatic heterocycles. The first-order valence-corrected chi connectivity index (χ1v) is 4.32. The molecule has 0 spiro atoms. The fraction of sp³-hybridized carbons (Fsp3) is 0.875. The van der Waals surface area contributed by atoms with Crippen LogP contribution >= 0.6 is 0 Å². The zero-order valence-electron chi connectivity index (χ0n) is 6.88. The maximum Gasteiger partial charge on any atom is 0.223 e. The number of rotatable bonds is 2. The van der Waals surface area contributed by atoms with Crippen LogP contribution in [0, 0.1) is 0 Å². The Balaban J connectivity index is 2.27. The van der Waals surface area contributed by atoms with E-state index in [0.717, 1.165) is 25.9 Å². The first kappa shape index (κ1) is 8.53. The molecule has 0 aromatic carbocycles. The molecule has 3 heteroatoms. The molecule has 0 unspecified atom stereocenters. The number of hydrogen-bond acceptors (Lipinski definition) is 2. The van der Waals surface area contributed by atoms with Crippen LogP contribution in [-0.2, 0) is 4.79 Å². The van der Waals surface area contributed by atoms with Crippen molar-refractivity contribution >= 4 is 5.91 Å². The van der Waals surface area contributed by atoms with Gasteiger partial charge >= 0.3 is 0 Å². The van der Waals surface area contributed by atoms with Gasteiger partial charge in [0, 0.05) is 26.1 Å². The van der Waals surface area contributed by atoms with Gasteiger partial charge in [0.2, 0.25) is 5.91 Å². The number of carbonyl (C=O) groups excluding carboxylic acids is 1. The van der Waals surface area contributed by atoms with Crippen LogP contribution in [0.5, 0.6) is 0 Å². The molecule has 1 amide bonds. The molecule has 1 aliphatic rings. The molecule has 1 saturated heterocycles. The van der Waals surface area contributed by atoms with Crippen molar-refractivity contribution < 1.29 is 4.79 Å². The second kappa shape index (κ2) is 4.34. The Morgan fingerprint density at radius 3 is 2.45 bits per heavy atom. The Labute approximate surface area is 67.5 Å². The molecule has 2 N–H and O–H groups in total. The largest absolute Gasteiger partial charge is 0.343 e. The van der Waals surface area contributed by atoms with Gasteiger partial charge in [0.15, 0.2) is 0 Å². The van der Waals surface area contributed by atoms with Crippen molar-refractivity contribution in [2.24, 2.45) is 5.73 Å². The van der Waals surface area contributed by atoms with Crippen LogP contribution < -0.4 is 5.73 Å². The lowest BCUT2D eigenvalue weighted by Gasteiger charge is -2.26. The van der Waals surface area contributed by atoms with Crippen molar-refractivity contribution in [1.29, 1.82) is 0 Å². The Morgan fingerprint density at radius 2 is 1.91 bits per heavy atom. The van der Waals surface area contributed by atoms with Gasteiger partial charge in [-0.15, -0.1) is 0 Å². The Hall–Kier alpha value is -0.570. The Bertz CT molecular complexity index is 130. The van der Waals surface area contributed by atoms with E-state index in [4.69, 9.17) is 5.73 Å². The molecule has 0 aromatic rings. The molecule has 0 saturated carbocycles. The van der Waals surface area contributed by atoms with Crippen LogP contribution in [0.2, 0.25) is 0 Å². The van der Waals surface area contributed by atoms with Gasteiger partial charge in [-0.1, -0.05) is 0 Å². The first-order chi connectivity index (χ1) is 5.34. The van der Waals surface area contributed by atoms with Gasteiger partial charge in [-0.25, -0.2) is 0 Å². The third kappa shape index (κ3) is 2.50.